The van der Waals surface area contributed by atoms with E-state index in [1.54, 1.807) is 18.4 Å². The second kappa shape index (κ2) is 8.60. The highest BCUT2D eigenvalue weighted by Crippen LogP contribution is 2.43. The molecule has 5 rings (SSSR count). The Morgan fingerprint density at radius 2 is 1.44 bits per heavy atom. The van der Waals surface area contributed by atoms with Crippen LogP contribution in [0.5, 0.6) is 5.75 Å². The molecule has 3 aromatic carbocycles. The van der Waals surface area contributed by atoms with E-state index in [4.69, 9.17) is 13.6 Å². The molecule has 0 N–H and O–H groups in total. The van der Waals surface area contributed by atoms with Crippen molar-refractivity contribution in [1.82, 2.24) is 0 Å². The van der Waals surface area contributed by atoms with Gasteiger partial charge in [0.2, 0.25) is 0 Å². The van der Waals surface area contributed by atoms with E-state index in [1.807, 2.05) is 73.7 Å². The molecule has 2 aromatic heterocycles. The molecule has 158 valence electrons. The van der Waals surface area contributed by atoms with Crippen molar-refractivity contribution in [3.63, 3.8) is 0 Å². The topological polar surface area (TPSA) is 35.5 Å². The van der Waals surface area contributed by atoms with E-state index in [1.165, 1.54) is 12.1 Å². The van der Waals surface area contributed by atoms with Gasteiger partial charge in [-0.15, -0.1) is 0 Å². The van der Waals surface area contributed by atoms with E-state index < -0.39 is 0 Å². The highest BCUT2D eigenvalue weighted by atomic mass is 19.1. The van der Waals surface area contributed by atoms with Crippen molar-refractivity contribution in [2.45, 2.75) is 6.92 Å². The summed E-state index contributed by atoms with van der Waals surface area (Å²) in [5.74, 6) is 2.66. The minimum absolute atomic E-state index is 0.273. The predicted molar refractivity (Wildman–Crippen MR) is 124 cm³/mol. The number of halogens is 1. The second-order valence-electron chi connectivity index (χ2n) is 7.35. The van der Waals surface area contributed by atoms with Crippen LogP contribution in [0, 0.1) is 5.82 Å². The minimum atomic E-state index is -0.273. The normalized spacial score (nSPS) is 10.9. The molecule has 0 saturated carbocycles. The molecular weight excluding hydrogens is 403 g/mol. The van der Waals surface area contributed by atoms with Crippen molar-refractivity contribution in [3.05, 3.63) is 103 Å². The van der Waals surface area contributed by atoms with E-state index in [-0.39, 0.29) is 5.82 Å². The van der Waals surface area contributed by atoms with Gasteiger partial charge in [-0.3, -0.25) is 0 Å². The Bertz CT molecular complexity index is 1310. The number of furan rings is 2. The number of hydrogen-bond acceptors (Lipinski definition) is 3. The third kappa shape index (κ3) is 3.83. The van der Waals surface area contributed by atoms with Crippen molar-refractivity contribution in [1.29, 1.82) is 0 Å². The molecule has 0 fully saturated rings. The zero-order valence-electron chi connectivity index (χ0n) is 17.5. The van der Waals surface area contributed by atoms with Crippen LogP contribution in [0.2, 0.25) is 0 Å². The van der Waals surface area contributed by atoms with Crippen LogP contribution in [0.4, 0.5) is 4.39 Å². The molecule has 0 aliphatic carbocycles. The molecule has 2 heterocycles. The highest BCUT2D eigenvalue weighted by Gasteiger charge is 2.21. The molecule has 5 aromatic rings. The first-order valence-electron chi connectivity index (χ1n) is 10.5. The van der Waals surface area contributed by atoms with E-state index >= 15 is 0 Å². The summed E-state index contributed by atoms with van der Waals surface area (Å²) < 4.78 is 31.3. The molecule has 0 aliphatic heterocycles. The Labute approximate surface area is 185 Å². The monoisotopic (exact) mass is 424 g/mol. The molecule has 0 atom stereocenters. The summed E-state index contributed by atoms with van der Waals surface area (Å²) in [6, 6.07) is 28.0. The van der Waals surface area contributed by atoms with Gasteiger partial charge in [0.15, 0.2) is 0 Å². The van der Waals surface area contributed by atoms with Gasteiger partial charge in [0, 0.05) is 16.7 Å². The number of ether oxygens (including phenoxy) is 1. The fourth-order valence-electron chi connectivity index (χ4n) is 3.76. The van der Waals surface area contributed by atoms with Gasteiger partial charge >= 0.3 is 0 Å². The summed E-state index contributed by atoms with van der Waals surface area (Å²) in [4.78, 5) is 0. The van der Waals surface area contributed by atoms with Gasteiger partial charge < -0.3 is 13.6 Å². The first-order chi connectivity index (χ1) is 15.7. The molecular formula is C28H21FO3. The molecule has 0 spiro atoms. The number of benzene rings is 3. The summed E-state index contributed by atoms with van der Waals surface area (Å²) >= 11 is 0. The van der Waals surface area contributed by atoms with E-state index in [0.717, 1.165) is 39.3 Å². The third-order valence-corrected chi connectivity index (χ3v) is 5.28. The number of rotatable bonds is 6. The van der Waals surface area contributed by atoms with Crippen molar-refractivity contribution in [2.75, 3.05) is 6.61 Å². The lowest BCUT2D eigenvalue weighted by atomic mass is 9.99. The minimum Gasteiger partial charge on any atom is -0.494 e. The van der Waals surface area contributed by atoms with Crippen LogP contribution in [0.1, 0.15) is 6.92 Å². The maximum Gasteiger partial charge on any atom is 0.145 e. The van der Waals surface area contributed by atoms with Gasteiger partial charge in [-0.25, -0.2) is 4.39 Å². The summed E-state index contributed by atoms with van der Waals surface area (Å²) in [5, 5.41) is 0. The molecule has 0 amide bonds. The molecule has 32 heavy (non-hydrogen) atoms. The standard InChI is InChI=1S/C28H21FO3/c1-2-30-23-14-10-20(11-15-23)26-18-25(27(32-26)21-6-4-3-5-7-21)28-24(16-17-31-28)19-8-12-22(29)13-9-19/h3-18H,2H2,1H3. The fraction of sp³-hybridized carbons (Fsp3) is 0.0714. The van der Waals surface area contributed by atoms with Crippen molar-refractivity contribution in [2.24, 2.45) is 0 Å². The maximum absolute atomic E-state index is 13.5. The summed E-state index contributed by atoms with van der Waals surface area (Å²) in [5.41, 5.74) is 4.47. The highest BCUT2D eigenvalue weighted by molar-refractivity contribution is 5.89. The lowest BCUT2D eigenvalue weighted by molar-refractivity contribution is 0.340. The second-order valence-corrected chi connectivity index (χ2v) is 7.35. The largest absolute Gasteiger partial charge is 0.494 e. The Hall–Kier alpha value is -4.05. The van der Waals surface area contributed by atoms with Gasteiger partial charge in [0.05, 0.1) is 18.4 Å². The van der Waals surface area contributed by atoms with Crippen LogP contribution >= 0.6 is 0 Å². The van der Waals surface area contributed by atoms with Crippen LogP contribution in [0.25, 0.3) is 45.1 Å². The van der Waals surface area contributed by atoms with E-state index in [9.17, 15) is 4.39 Å². The first-order valence-corrected chi connectivity index (χ1v) is 10.5. The van der Waals surface area contributed by atoms with Crippen LogP contribution in [0.3, 0.4) is 0 Å². The van der Waals surface area contributed by atoms with Crippen molar-refractivity contribution < 1.29 is 18.0 Å². The van der Waals surface area contributed by atoms with Crippen LogP contribution < -0.4 is 4.74 Å². The zero-order valence-corrected chi connectivity index (χ0v) is 17.5. The van der Waals surface area contributed by atoms with Gasteiger partial charge in [-0.1, -0.05) is 42.5 Å². The molecule has 4 heteroatoms. The van der Waals surface area contributed by atoms with Crippen molar-refractivity contribution >= 4 is 0 Å². The average molecular weight is 424 g/mol. The summed E-state index contributed by atoms with van der Waals surface area (Å²) in [7, 11) is 0. The number of hydrogen-bond donors (Lipinski definition) is 0. The fourth-order valence-corrected chi connectivity index (χ4v) is 3.76. The lowest BCUT2D eigenvalue weighted by Crippen LogP contribution is -1.90. The van der Waals surface area contributed by atoms with E-state index in [2.05, 4.69) is 0 Å². The lowest BCUT2D eigenvalue weighted by Gasteiger charge is -2.04. The Morgan fingerprint density at radius 3 is 2.16 bits per heavy atom. The zero-order chi connectivity index (χ0) is 21.9. The van der Waals surface area contributed by atoms with E-state index in [0.29, 0.717) is 18.1 Å². The quantitative estimate of drug-likeness (QED) is 0.276. The summed E-state index contributed by atoms with van der Waals surface area (Å²) in [6.45, 7) is 2.58. The third-order valence-electron chi connectivity index (χ3n) is 5.28. The summed E-state index contributed by atoms with van der Waals surface area (Å²) in [6.07, 6.45) is 1.65. The molecule has 0 radical (unpaired) electrons. The molecule has 0 unspecified atom stereocenters. The maximum atomic E-state index is 13.5. The Kier molecular flexibility index (Phi) is 5.34. The van der Waals surface area contributed by atoms with Gasteiger partial charge in [0.1, 0.15) is 28.8 Å². The van der Waals surface area contributed by atoms with Gasteiger partial charge in [0.25, 0.3) is 0 Å². The molecule has 0 bridgehead atoms. The Balaban J connectivity index is 1.64. The molecule has 0 saturated heterocycles. The smallest absolute Gasteiger partial charge is 0.145 e. The van der Waals surface area contributed by atoms with Crippen LogP contribution in [-0.2, 0) is 0 Å². The molecule has 0 aliphatic rings. The average Bonchev–Trinajstić information content (AvgIpc) is 3.48. The van der Waals surface area contributed by atoms with Crippen LogP contribution in [-0.4, -0.2) is 6.61 Å². The van der Waals surface area contributed by atoms with Gasteiger partial charge in [-0.2, -0.15) is 0 Å². The van der Waals surface area contributed by atoms with Crippen LogP contribution in [0.15, 0.2) is 106 Å². The Morgan fingerprint density at radius 1 is 0.719 bits per heavy atom. The SMILES string of the molecule is CCOc1ccc(-c2cc(-c3occc3-c3ccc(F)cc3)c(-c3ccccc3)o2)cc1. The molecule has 3 nitrogen and oxygen atoms in total. The van der Waals surface area contributed by atoms with Crippen molar-refractivity contribution in [3.8, 4) is 50.8 Å². The van der Waals surface area contributed by atoms with Gasteiger partial charge in [-0.05, 0) is 61.0 Å². The predicted octanol–water partition coefficient (Wildman–Crippen LogP) is 8.08. The first kappa shape index (κ1) is 19.9.